The van der Waals surface area contributed by atoms with Gasteiger partial charge in [0.05, 0.1) is 27.4 Å². The Labute approximate surface area is 168 Å². The molecular formula is C21H34N2O5. The molecule has 7 heteroatoms. The van der Waals surface area contributed by atoms with Gasteiger partial charge in [-0.15, -0.1) is 0 Å². The van der Waals surface area contributed by atoms with Crippen LogP contribution in [-0.4, -0.2) is 75.5 Å². The molecule has 1 heterocycles. The Morgan fingerprint density at radius 1 is 1.00 bits per heavy atom. The average Bonchev–Trinajstić information content (AvgIpc) is 2.74. The van der Waals surface area contributed by atoms with E-state index in [-0.39, 0.29) is 6.09 Å². The molecule has 158 valence electrons. The van der Waals surface area contributed by atoms with Crippen molar-refractivity contribution in [2.45, 2.75) is 39.2 Å². The summed E-state index contributed by atoms with van der Waals surface area (Å²) >= 11 is 0. The van der Waals surface area contributed by atoms with Crippen molar-refractivity contribution in [2.24, 2.45) is 0 Å². The lowest BCUT2D eigenvalue weighted by atomic mass is 10.1. The van der Waals surface area contributed by atoms with Crippen LogP contribution in [0.5, 0.6) is 17.2 Å². The van der Waals surface area contributed by atoms with Crippen LogP contribution in [0.1, 0.15) is 33.1 Å². The number of ether oxygens (including phenoxy) is 4. The monoisotopic (exact) mass is 394 g/mol. The number of benzene rings is 1. The van der Waals surface area contributed by atoms with Gasteiger partial charge in [-0.1, -0.05) is 13.8 Å². The number of piperazine rings is 1. The maximum Gasteiger partial charge on any atom is 0.409 e. The number of carbonyl (C=O) groups is 1. The smallest absolute Gasteiger partial charge is 0.409 e. The van der Waals surface area contributed by atoms with Crippen molar-refractivity contribution < 1.29 is 23.7 Å². The first-order valence-corrected chi connectivity index (χ1v) is 10.1. The van der Waals surface area contributed by atoms with Crippen molar-refractivity contribution >= 4 is 6.09 Å². The number of methoxy groups -OCH3 is 2. The fourth-order valence-electron chi connectivity index (χ4n) is 3.48. The predicted octanol–water partition coefficient (Wildman–Crippen LogP) is 3.42. The number of nitrogens with zero attached hydrogens (tertiary/aromatic N) is 2. The molecule has 1 aliphatic heterocycles. The van der Waals surface area contributed by atoms with Gasteiger partial charge in [0.2, 0.25) is 0 Å². The highest BCUT2D eigenvalue weighted by Gasteiger charge is 2.25. The van der Waals surface area contributed by atoms with Crippen LogP contribution in [0.3, 0.4) is 0 Å². The second-order valence-corrected chi connectivity index (χ2v) is 6.83. The highest BCUT2D eigenvalue weighted by molar-refractivity contribution is 5.67. The van der Waals surface area contributed by atoms with E-state index in [0.717, 1.165) is 39.0 Å². The minimum absolute atomic E-state index is 0.227. The quantitative estimate of drug-likeness (QED) is 0.567. The Bertz CT molecular complexity index is 598. The van der Waals surface area contributed by atoms with E-state index in [1.807, 2.05) is 6.07 Å². The van der Waals surface area contributed by atoms with Gasteiger partial charge in [0.15, 0.2) is 11.5 Å². The van der Waals surface area contributed by atoms with Gasteiger partial charge in [0.1, 0.15) is 5.75 Å². The van der Waals surface area contributed by atoms with Crippen LogP contribution in [0.25, 0.3) is 0 Å². The van der Waals surface area contributed by atoms with Crippen LogP contribution in [0, 0.1) is 0 Å². The van der Waals surface area contributed by atoms with Crippen LogP contribution in [0.2, 0.25) is 0 Å². The molecule has 0 aliphatic carbocycles. The van der Waals surface area contributed by atoms with Crippen molar-refractivity contribution in [3.8, 4) is 17.2 Å². The second-order valence-electron chi connectivity index (χ2n) is 6.83. The van der Waals surface area contributed by atoms with E-state index in [0.29, 0.717) is 42.9 Å². The minimum Gasteiger partial charge on any atom is -0.493 e. The largest absolute Gasteiger partial charge is 0.493 e. The number of hydrogen-bond acceptors (Lipinski definition) is 6. The summed E-state index contributed by atoms with van der Waals surface area (Å²) in [6.07, 6.45) is 2.71. The second kappa shape index (κ2) is 11.6. The van der Waals surface area contributed by atoms with Crippen LogP contribution in [-0.2, 0) is 4.74 Å². The summed E-state index contributed by atoms with van der Waals surface area (Å²) in [4.78, 5) is 16.5. The molecule has 1 amide bonds. The summed E-state index contributed by atoms with van der Waals surface area (Å²) < 4.78 is 21.5. The fraction of sp³-hybridized carbons (Fsp3) is 0.667. The van der Waals surface area contributed by atoms with E-state index in [1.165, 1.54) is 0 Å². The number of hydrogen-bond donors (Lipinski definition) is 0. The number of amides is 1. The Hall–Kier alpha value is -2.15. The first kappa shape index (κ1) is 22.1. The van der Waals surface area contributed by atoms with E-state index in [2.05, 4.69) is 18.7 Å². The first-order chi connectivity index (χ1) is 13.6. The van der Waals surface area contributed by atoms with Crippen LogP contribution in [0.4, 0.5) is 4.79 Å². The number of carbonyl (C=O) groups excluding carboxylic acids is 1. The van der Waals surface area contributed by atoms with Gasteiger partial charge in [-0.3, -0.25) is 4.90 Å². The molecule has 0 aromatic heterocycles. The summed E-state index contributed by atoms with van der Waals surface area (Å²) in [5, 5.41) is 0. The summed E-state index contributed by atoms with van der Waals surface area (Å²) in [7, 11) is 3.18. The molecule has 0 N–H and O–H groups in total. The third-order valence-electron chi connectivity index (χ3n) is 5.17. The van der Waals surface area contributed by atoms with E-state index in [1.54, 1.807) is 31.3 Å². The van der Waals surface area contributed by atoms with E-state index in [4.69, 9.17) is 18.9 Å². The zero-order valence-electron chi connectivity index (χ0n) is 17.6. The van der Waals surface area contributed by atoms with Gasteiger partial charge >= 0.3 is 6.09 Å². The molecule has 0 spiro atoms. The molecule has 0 saturated carbocycles. The molecule has 1 aliphatic rings. The van der Waals surface area contributed by atoms with Crippen LogP contribution < -0.4 is 14.2 Å². The molecule has 7 nitrogen and oxygen atoms in total. The normalized spacial score (nSPS) is 14.8. The van der Waals surface area contributed by atoms with Crippen molar-refractivity contribution in [1.82, 2.24) is 9.80 Å². The summed E-state index contributed by atoms with van der Waals surface area (Å²) in [5.74, 6) is 1.98. The van der Waals surface area contributed by atoms with Gasteiger partial charge in [-0.2, -0.15) is 0 Å². The van der Waals surface area contributed by atoms with Gasteiger partial charge in [-0.25, -0.2) is 4.79 Å². The van der Waals surface area contributed by atoms with E-state index in [9.17, 15) is 4.79 Å². The van der Waals surface area contributed by atoms with Crippen molar-refractivity contribution in [3.63, 3.8) is 0 Å². The van der Waals surface area contributed by atoms with Crippen molar-refractivity contribution in [1.29, 1.82) is 0 Å². The summed E-state index contributed by atoms with van der Waals surface area (Å²) in [6, 6.07) is 6.03. The lowest BCUT2D eigenvalue weighted by Crippen LogP contribution is -2.51. The lowest BCUT2D eigenvalue weighted by Gasteiger charge is -2.38. The van der Waals surface area contributed by atoms with Gasteiger partial charge in [0, 0.05) is 44.7 Å². The Morgan fingerprint density at radius 2 is 1.68 bits per heavy atom. The maximum atomic E-state index is 12.2. The standard InChI is InChI=1S/C21H34N2O5/c1-5-17(6-2)22-10-12-23(13-11-22)21(24)28-15-7-14-27-18-8-9-19(25-3)20(16-18)26-4/h8-9,16-17H,5-7,10-15H2,1-4H3. The molecule has 28 heavy (non-hydrogen) atoms. The average molecular weight is 395 g/mol. The molecule has 1 aromatic carbocycles. The van der Waals surface area contributed by atoms with Crippen molar-refractivity contribution in [3.05, 3.63) is 18.2 Å². The van der Waals surface area contributed by atoms with Crippen LogP contribution in [0.15, 0.2) is 18.2 Å². The maximum absolute atomic E-state index is 12.2. The van der Waals surface area contributed by atoms with E-state index >= 15 is 0 Å². The molecule has 0 unspecified atom stereocenters. The Balaban J connectivity index is 1.64. The molecule has 1 saturated heterocycles. The zero-order valence-corrected chi connectivity index (χ0v) is 17.6. The lowest BCUT2D eigenvalue weighted by molar-refractivity contribution is 0.0596. The SMILES string of the molecule is CCC(CC)N1CCN(C(=O)OCCCOc2ccc(OC)c(OC)c2)CC1. The zero-order chi connectivity index (χ0) is 20.4. The molecule has 1 fully saturated rings. The summed E-state index contributed by atoms with van der Waals surface area (Å²) in [5.41, 5.74) is 0. The minimum atomic E-state index is -0.227. The van der Waals surface area contributed by atoms with Gasteiger partial charge < -0.3 is 23.8 Å². The topological polar surface area (TPSA) is 60.5 Å². The molecular weight excluding hydrogens is 360 g/mol. The molecule has 0 atom stereocenters. The van der Waals surface area contributed by atoms with Crippen LogP contribution >= 0.6 is 0 Å². The number of rotatable bonds is 10. The fourth-order valence-corrected chi connectivity index (χ4v) is 3.48. The highest BCUT2D eigenvalue weighted by atomic mass is 16.6. The third kappa shape index (κ3) is 6.19. The first-order valence-electron chi connectivity index (χ1n) is 10.1. The van der Waals surface area contributed by atoms with Gasteiger partial charge in [-0.05, 0) is 25.0 Å². The van der Waals surface area contributed by atoms with Gasteiger partial charge in [0.25, 0.3) is 0 Å². The molecule has 2 rings (SSSR count). The predicted molar refractivity (Wildman–Crippen MR) is 109 cm³/mol. The summed E-state index contributed by atoms with van der Waals surface area (Å²) in [6.45, 7) is 8.56. The molecule has 1 aromatic rings. The van der Waals surface area contributed by atoms with Crippen molar-refractivity contribution in [2.75, 3.05) is 53.6 Å². The Kier molecular flexibility index (Phi) is 9.20. The van der Waals surface area contributed by atoms with E-state index < -0.39 is 0 Å². The molecule has 0 bridgehead atoms. The Morgan fingerprint density at radius 3 is 2.29 bits per heavy atom. The molecule has 0 radical (unpaired) electrons. The third-order valence-corrected chi connectivity index (χ3v) is 5.17. The highest BCUT2D eigenvalue weighted by Crippen LogP contribution is 2.30.